The van der Waals surface area contributed by atoms with E-state index in [1.54, 1.807) is 0 Å². The molecule has 0 saturated carbocycles. The quantitative estimate of drug-likeness (QED) is 0.742. The van der Waals surface area contributed by atoms with Gasteiger partial charge in [-0.25, -0.2) is 4.68 Å². The first-order valence-corrected chi connectivity index (χ1v) is 8.12. The Bertz CT molecular complexity index is 807. The highest BCUT2D eigenvalue weighted by Gasteiger charge is 2.19. The number of aromatic nitrogens is 3. The van der Waals surface area contributed by atoms with Gasteiger partial charge in [0.25, 0.3) is 0 Å². The van der Waals surface area contributed by atoms with E-state index in [2.05, 4.69) is 58.5 Å². The van der Waals surface area contributed by atoms with Crippen LogP contribution in [0, 0.1) is 6.92 Å². The molecule has 0 aliphatic carbocycles. The van der Waals surface area contributed by atoms with Crippen molar-refractivity contribution in [1.29, 1.82) is 0 Å². The molecule has 116 valence electrons. The normalized spacial score (nSPS) is 13.9. The number of fused-ring (bicyclic) bond motifs is 1. The maximum absolute atomic E-state index is 4.43. The van der Waals surface area contributed by atoms with Crippen LogP contribution in [0.4, 0.5) is 5.69 Å². The molecule has 1 aromatic heterocycles. The number of aryl methyl sites for hydroxylation is 1. The molecular formula is C19H20N4. The van der Waals surface area contributed by atoms with Gasteiger partial charge in [-0.15, -0.1) is 5.10 Å². The lowest BCUT2D eigenvalue weighted by molar-refractivity contribution is 0.681. The van der Waals surface area contributed by atoms with Gasteiger partial charge < -0.3 is 4.90 Å². The molecule has 1 aliphatic heterocycles. The highest BCUT2D eigenvalue weighted by atomic mass is 15.4. The molecule has 0 fully saturated rings. The Balaban J connectivity index is 1.63. The lowest BCUT2D eigenvalue weighted by Gasteiger charge is -2.30. The summed E-state index contributed by atoms with van der Waals surface area (Å²) in [6.07, 6.45) is 2.37. The number of anilines is 1. The fourth-order valence-electron chi connectivity index (χ4n) is 3.28. The van der Waals surface area contributed by atoms with E-state index in [4.69, 9.17) is 0 Å². The first-order chi connectivity index (χ1) is 11.3. The van der Waals surface area contributed by atoms with Gasteiger partial charge in [-0.05, 0) is 43.5 Å². The van der Waals surface area contributed by atoms with E-state index in [1.165, 1.54) is 24.1 Å². The van der Waals surface area contributed by atoms with E-state index >= 15 is 0 Å². The van der Waals surface area contributed by atoms with Crippen LogP contribution in [0.3, 0.4) is 0 Å². The summed E-state index contributed by atoms with van der Waals surface area (Å²) < 4.78 is 1.92. The summed E-state index contributed by atoms with van der Waals surface area (Å²) in [6, 6.07) is 18.9. The smallest absolute Gasteiger partial charge is 0.105 e. The SMILES string of the molecule is Cc1c(CN2CCCc3ccccc32)nnn1-c1ccccc1. The fraction of sp³-hybridized carbons (Fsp3) is 0.263. The average molecular weight is 304 g/mol. The van der Waals surface area contributed by atoms with Crippen LogP contribution in [0.15, 0.2) is 54.6 Å². The molecule has 23 heavy (non-hydrogen) atoms. The van der Waals surface area contributed by atoms with Crippen LogP contribution in [0.1, 0.15) is 23.4 Å². The Morgan fingerprint density at radius 2 is 1.78 bits per heavy atom. The number of nitrogens with zero attached hydrogens (tertiary/aromatic N) is 4. The number of hydrogen-bond donors (Lipinski definition) is 0. The zero-order valence-electron chi connectivity index (χ0n) is 13.3. The fourth-order valence-corrected chi connectivity index (χ4v) is 3.28. The zero-order valence-corrected chi connectivity index (χ0v) is 13.3. The molecule has 2 heterocycles. The van der Waals surface area contributed by atoms with E-state index in [-0.39, 0.29) is 0 Å². The second-order valence-corrected chi connectivity index (χ2v) is 6.02. The molecule has 4 rings (SSSR count). The molecule has 0 saturated heterocycles. The first kappa shape index (κ1) is 14.0. The van der Waals surface area contributed by atoms with Crippen molar-refractivity contribution in [3.8, 4) is 5.69 Å². The van der Waals surface area contributed by atoms with Crippen LogP contribution in [0.2, 0.25) is 0 Å². The van der Waals surface area contributed by atoms with Gasteiger partial charge in [-0.3, -0.25) is 0 Å². The summed E-state index contributed by atoms with van der Waals surface area (Å²) in [7, 11) is 0. The second kappa shape index (κ2) is 5.88. The molecule has 4 heteroatoms. The van der Waals surface area contributed by atoms with Gasteiger partial charge in [-0.1, -0.05) is 41.6 Å². The highest BCUT2D eigenvalue weighted by molar-refractivity contribution is 5.55. The molecule has 0 N–H and O–H groups in total. The molecule has 0 radical (unpaired) electrons. The van der Waals surface area contributed by atoms with E-state index < -0.39 is 0 Å². The Hall–Kier alpha value is -2.62. The Morgan fingerprint density at radius 1 is 1.00 bits per heavy atom. The van der Waals surface area contributed by atoms with Crippen LogP contribution in [-0.2, 0) is 13.0 Å². The second-order valence-electron chi connectivity index (χ2n) is 6.02. The topological polar surface area (TPSA) is 34.0 Å². The van der Waals surface area contributed by atoms with E-state index in [9.17, 15) is 0 Å². The lowest BCUT2D eigenvalue weighted by atomic mass is 10.0. The van der Waals surface area contributed by atoms with Gasteiger partial charge in [0.2, 0.25) is 0 Å². The Kier molecular flexibility index (Phi) is 3.58. The molecule has 0 atom stereocenters. The van der Waals surface area contributed by atoms with Crippen LogP contribution in [0.25, 0.3) is 5.69 Å². The van der Waals surface area contributed by atoms with Crippen molar-refractivity contribution in [2.75, 3.05) is 11.4 Å². The number of rotatable bonds is 3. The van der Waals surface area contributed by atoms with E-state index in [1.807, 2.05) is 22.9 Å². The summed E-state index contributed by atoms with van der Waals surface area (Å²) in [4.78, 5) is 2.42. The minimum atomic E-state index is 0.815. The maximum atomic E-state index is 4.43. The zero-order chi connectivity index (χ0) is 15.6. The van der Waals surface area contributed by atoms with Gasteiger partial charge in [-0.2, -0.15) is 0 Å². The molecule has 3 aromatic rings. The standard InChI is InChI=1S/C19H20N4/c1-15-18(20-21-23(15)17-10-3-2-4-11-17)14-22-13-7-9-16-8-5-6-12-19(16)22/h2-6,8,10-12H,7,9,13-14H2,1H3. The molecule has 1 aliphatic rings. The number of benzene rings is 2. The van der Waals surface area contributed by atoms with Crippen LogP contribution < -0.4 is 4.90 Å². The Morgan fingerprint density at radius 3 is 2.65 bits per heavy atom. The summed E-state index contributed by atoms with van der Waals surface area (Å²) in [5, 5.41) is 8.78. The monoisotopic (exact) mass is 304 g/mol. The molecule has 4 nitrogen and oxygen atoms in total. The van der Waals surface area contributed by atoms with Crippen LogP contribution in [0.5, 0.6) is 0 Å². The van der Waals surface area contributed by atoms with Crippen molar-refractivity contribution < 1.29 is 0 Å². The third-order valence-corrected chi connectivity index (χ3v) is 4.54. The van der Waals surface area contributed by atoms with Crippen molar-refractivity contribution in [1.82, 2.24) is 15.0 Å². The molecular weight excluding hydrogens is 284 g/mol. The molecule has 0 spiro atoms. The van der Waals surface area contributed by atoms with Gasteiger partial charge in [0.15, 0.2) is 0 Å². The van der Waals surface area contributed by atoms with Gasteiger partial charge >= 0.3 is 0 Å². The molecule has 0 bridgehead atoms. The molecule has 2 aromatic carbocycles. The van der Waals surface area contributed by atoms with Gasteiger partial charge in [0, 0.05) is 12.2 Å². The van der Waals surface area contributed by atoms with Crippen molar-refractivity contribution in [2.45, 2.75) is 26.3 Å². The minimum Gasteiger partial charge on any atom is -0.365 e. The average Bonchev–Trinajstić information content (AvgIpc) is 2.97. The van der Waals surface area contributed by atoms with E-state index in [0.29, 0.717) is 0 Å². The third-order valence-electron chi connectivity index (χ3n) is 4.54. The van der Waals surface area contributed by atoms with Crippen molar-refractivity contribution in [3.63, 3.8) is 0 Å². The van der Waals surface area contributed by atoms with Crippen LogP contribution in [-0.4, -0.2) is 21.5 Å². The van der Waals surface area contributed by atoms with E-state index in [0.717, 1.165) is 30.2 Å². The number of hydrogen-bond acceptors (Lipinski definition) is 3. The van der Waals surface area contributed by atoms with Crippen molar-refractivity contribution >= 4 is 5.69 Å². The molecule has 0 amide bonds. The Labute approximate surface area is 136 Å². The predicted octanol–water partition coefficient (Wildman–Crippen LogP) is 3.53. The van der Waals surface area contributed by atoms with Gasteiger partial charge in [0.1, 0.15) is 5.69 Å². The van der Waals surface area contributed by atoms with Crippen molar-refractivity contribution in [3.05, 3.63) is 71.5 Å². The summed E-state index contributed by atoms with van der Waals surface area (Å²) >= 11 is 0. The third kappa shape index (κ3) is 2.61. The minimum absolute atomic E-state index is 0.815. The molecule has 0 unspecified atom stereocenters. The summed E-state index contributed by atoms with van der Waals surface area (Å²) in [5.41, 5.74) is 5.99. The van der Waals surface area contributed by atoms with Gasteiger partial charge in [0.05, 0.1) is 17.9 Å². The predicted molar refractivity (Wildman–Crippen MR) is 91.9 cm³/mol. The largest absolute Gasteiger partial charge is 0.365 e. The first-order valence-electron chi connectivity index (χ1n) is 8.12. The highest BCUT2D eigenvalue weighted by Crippen LogP contribution is 2.28. The van der Waals surface area contributed by atoms with Crippen molar-refractivity contribution in [2.24, 2.45) is 0 Å². The van der Waals surface area contributed by atoms with Crippen LogP contribution >= 0.6 is 0 Å². The number of para-hydroxylation sites is 2. The summed E-state index contributed by atoms with van der Waals surface area (Å²) in [6.45, 7) is 3.99. The maximum Gasteiger partial charge on any atom is 0.105 e. The summed E-state index contributed by atoms with van der Waals surface area (Å²) in [5.74, 6) is 0. The lowest BCUT2D eigenvalue weighted by Crippen LogP contribution is -2.29.